The van der Waals surface area contributed by atoms with E-state index in [4.69, 9.17) is 21.4 Å². The number of piperazine rings is 1. The standard InChI is InChI=1S/C31H32N4O4S2/c36-29(25-9-5-2-6-10-25)32-27(23-26-11-12-28(39-26)41-31(40)35-19-21-38-22-20-35)30(37)34-17-15-33(16-18-34)14-13-24-7-3-1-4-8-24/h1-14,23H,15-22H2,(H,32,36)/b14-13-,27-23-. The first kappa shape index (κ1) is 28.7. The van der Waals surface area contributed by atoms with Crippen LogP contribution in [-0.4, -0.2) is 83.3 Å². The zero-order valence-electron chi connectivity index (χ0n) is 22.6. The molecule has 2 fully saturated rings. The predicted molar refractivity (Wildman–Crippen MR) is 165 cm³/mol. The van der Waals surface area contributed by atoms with Gasteiger partial charge in [-0.2, -0.15) is 0 Å². The lowest BCUT2D eigenvalue weighted by Gasteiger charge is -2.34. The fourth-order valence-corrected chi connectivity index (χ4v) is 5.63. The third-order valence-corrected chi connectivity index (χ3v) is 8.10. The van der Waals surface area contributed by atoms with Crippen molar-refractivity contribution in [3.63, 3.8) is 0 Å². The average Bonchev–Trinajstić information content (AvgIpc) is 3.47. The molecule has 0 spiro atoms. The van der Waals surface area contributed by atoms with E-state index in [-0.39, 0.29) is 17.5 Å². The van der Waals surface area contributed by atoms with Crippen molar-refractivity contribution < 1.29 is 18.7 Å². The molecule has 5 rings (SSSR count). The Kier molecular flexibility index (Phi) is 9.90. The van der Waals surface area contributed by atoms with Crippen LogP contribution in [0.4, 0.5) is 0 Å². The van der Waals surface area contributed by atoms with E-state index in [1.165, 1.54) is 11.8 Å². The van der Waals surface area contributed by atoms with Gasteiger partial charge in [-0.25, -0.2) is 0 Å². The first-order chi connectivity index (χ1) is 20.0. The third-order valence-electron chi connectivity index (χ3n) is 6.74. The van der Waals surface area contributed by atoms with Crippen LogP contribution in [0.25, 0.3) is 12.2 Å². The van der Waals surface area contributed by atoms with Crippen molar-refractivity contribution in [1.82, 2.24) is 20.0 Å². The second kappa shape index (κ2) is 14.2. The van der Waals surface area contributed by atoms with Crippen LogP contribution in [0.15, 0.2) is 94.2 Å². The lowest BCUT2D eigenvalue weighted by atomic mass is 10.2. The fraction of sp³-hybridized carbons (Fsp3) is 0.258. The summed E-state index contributed by atoms with van der Waals surface area (Å²) in [5.74, 6) is -0.155. The molecule has 8 nitrogen and oxygen atoms in total. The van der Waals surface area contributed by atoms with E-state index in [1.807, 2.05) is 30.3 Å². The molecule has 0 saturated carbocycles. The van der Waals surface area contributed by atoms with Crippen LogP contribution >= 0.6 is 24.0 Å². The summed E-state index contributed by atoms with van der Waals surface area (Å²) >= 11 is 6.94. The number of thioether (sulfide) groups is 1. The molecule has 2 aliphatic heterocycles. The number of carbonyl (C=O) groups excluding carboxylic acids is 2. The molecule has 41 heavy (non-hydrogen) atoms. The fourth-order valence-electron chi connectivity index (χ4n) is 4.44. The lowest BCUT2D eigenvalue weighted by molar-refractivity contribution is -0.128. The second-order valence-electron chi connectivity index (χ2n) is 9.56. The molecule has 2 aromatic carbocycles. The maximum atomic E-state index is 13.7. The highest BCUT2D eigenvalue weighted by Gasteiger charge is 2.25. The van der Waals surface area contributed by atoms with E-state index in [0.29, 0.717) is 60.1 Å². The molecule has 0 aliphatic carbocycles. The number of nitrogens with one attached hydrogen (secondary N) is 1. The number of hydrogen-bond donors (Lipinski definition) is 1. The molecule has 0 atom stereocenters. The molecular weight excluding hydrogens is 556 g/mol. The van der Waals surface area contributed by atoms with Gasteiger partial charge in [-0.3, -0.25) is 9.59 Å². The van der Waals surface area contributed by atoms with E-state index < -0.39 is 0 Å². The molecule has 2 saturated heterocycles. The monoisotopic (exact) mass is 588 g/mol. The molecule has 2 aliphatic rings. The molecule has 2 amide bonds. The zero-order valence-corrected chi connectivity index (χ0v) is 24.2. The van der Waals surface area contributed by atoms with Gasteiger partial charge in [0.1, 0.15) is 15.8 Å². The SMILES string of the molecule is O=C(N/C(=C\c1ccc(SC(=S)N2CCOCC2)o1)C(=O)N1CCN(/C=C\c2ccccc2)CC1)c1ccccc1. The summed E-state index contributed by atoms with van der Waals surface area (Å²) in [5, 5.41) is 3.45. The van der Waals surface area contributed by atoms with Crippen molar-refractivity contribution in [2.75, 3.05) is 52.5 Å². The van der Waals surface area contributed by atoms with E-state index >= 15 is 0 Å². The third kappa shape index (κ3) is 8.09. The predicted octanol–water partition coefficient (Wildman–Crippen LogP) is 4.57. The van der Waals surface area contributed by atoms with Crippen LogP contribution < -0.4 is 5.32 Å². The van der Waals surface area contributed by atoms with Gasteiger partial charge in [0, 0.05) is 50.9 Å². The normalized spacial score (nSPS) is 16.2. The van der Waals surface area contributed by atoms with Crippen LogP contribution in [0.5, 0.6) is 0 Å². The second-order valence-corrected chi connectivity index (χ2v) is 11.2. The molecule has 3 aromatic rings. The van der Waals surface area contributed by atoms with Crippen molar-refractivity contribution in [2.24, 2.45) is 0 Å². The zero-order chi connectivity index (χ0) is 28.4. The summed E-state index contributed by atoms with van der Waals surface area (Å²) in [4.78, 5) is 32.7. The highest BCUT2D eigenvalue weighted by Crippen LogP contribution is 2.26. The van der Waals surface area contributed by atoms with Crippen LogP contribution in [0.2, 0.25) is 0 Å². The number of morpholine rings is 1. The minimum Gasteiger partial charge on any atom is -0.450 e. The Morgan fingerprint density at radius 3 is 2.22 bits per heavy atom. The summed E-state index contributed by atoms with van der Waals surface area (Å²) < 4.78 is 12.1. The molecular formula is C31H32N4O4S2. The first-order valence-corrected chi connectivity index (χ1v) is 14.8. The van der Waals surface area contributed by atoms with Gasteiger partial charge in [0.2, 0.25) is 0 Å². The van der Waals surface area contributed by atoms with Crippen LogP contribution in [0, 0.1) is 0 Å². The quantitative estimate of drug-likeness (QED) is 0.244. The number of hydrogen-bond acceptors (Lipinski definition) is 7. The van der Waals surface area contributed by atoms with Crippen molar-refractivity contribution in [2.45, 2.75) is 5.09 Å². The minimum atomic E-state index is -0.357. The van der Waals surface area contributed by atoms with Crippen LogP contribution in [0.3, 0.4) is 0 Å². The Labute approximate surface area is 249 Å². The maximum absolute atomic E-state index is 13.7. The topological polar surface area (TPSA) is 78.3 Å². The minimum absolute atomic E-state index is 0.161. The average molecular weight is 589 g/mol. The van der Waals surface area contributed by atoms with Crippen LogP contribution in [-0.2, 0) is 9.53 Å². The van der Waals surface area contributed by atoms with Gasteiger partial charge in [0.05, 0.1) is 13.2 Å². The van der Waals surface area contributed by atoms with Crippen molar-refractivity contribution in [1.29, 1.82) is 0 Å². The van der Waals surface area contributed by atoms with Gasteiger partial charge in [0.25, 0.3) is 11.8 Å². The number of thiocarbonyl (C=S) groups is 1. The molecule has 1 aromatic heterocycles. The van der Waals surface area contributed by atoms with E-state index in [1.54, 1.807) is 41.3 Å². The number of ether oxygens (including phenoxy) is 1. The van der Waals surface area contributed by atoms with E-state index in [9.17, 15) is 9.59 Å². The summed E-state index contributed by atoms with van der Waals surface area (Å²) in [6.45, 7) is 5.24. The number of amides is 2. The van der Waals surface area contributed by atoms with Gasteiger partial charge in [-0.15, -0.1) is 0 Å². The number of carbonyl (C=O) groups is 2. The Bertz CT molecular complexity index is 1390. The van der Waals surface area contributed by atoms with Crippen LogP contribution in [0.1, 0.15) is 21.7 Å². The van der Waals surface area contributed by atoms with E-state index in [2.05, 4.69) is 39.5 Å². The molecule has 212 valence electrons. The van der Waals surface area contributed by atoms with E-state index in [0.717, 1.165) is 18.7 Å². The smallest absolute Gasteiger partial charge is 0.270 e. The Morgan fingerprint density at radius 1 is 0.829 bits per heavy atom. The number of rotatable bonds is 7. The molecule has 10 heteroatoms. The molecule has 0 unspecified atom stereocenters. The van der Waals surface area contributed by atoms with Gasteiger partial charge >= 0.3 is 0 Å². The molecule has 3 heterocycles. The molecule has 0 bridgehead atoms. The van der Waals surface area contributed by atoms with Gasteiger partial charge in [-0.1, -0.05) is 60.7 Å². The summed E-state index contributed by atoms with van der Waals surface area (Å²) in [6.07, 6.45) is 5.72. The van der Waals surface area contributed by atoms with Crippen molar-refractivity contribution in [3.05, 3.63) is 102 Å². The summed E-state index contributed by atoms with van der Waals surface area (Å²) in [5.41, 5.74) is 1.75. The largest absolute Gasteiger partial charge is 0.450 e. The highest BCUT2D eigenvalue weighted by atomic mass is 32.2. The molecule has 0 radical (unpaired) electrons. The summed E-state index contributed by atoms with van der Waals surface area (Å²) in [7, 11) is 0. The first-order valence-electron chi connectivity index (χ1n) is 13.5. The number of nitrogens with zero attached hydrogens (tertiary/aromatic N) is 3. The number of furan rings is 1. The van der Waals surface area contributed by atoms with Gasteiger partial charge in [-0.05, 0) is 53.9 Å². The van der Waals surface area contributed by atoms with Gasteiger partial charge in [0.15, 0.2) is 5.09 Å². The Balaban J connectivity index is 1.27. The summed E-state index contributed by atoms with van der Waals surface area (Å²) in [6, 6.07) is 22.5. The number of benzene rings is 2. The molecule has 1 N–H and O–H groups in total. The van der Waals surface area contributed by atoms with Crippen molar-refractivity contribution in [3.8, 4) is 0 Å². The maximum Gasteiger partial charge on any atom is 0.270 e. The lowest BCUT2D eigenvalue weighted by Crippen LogP contribution is -2.48. The van der Waals surface area contributed by atoms with Crippen molar-refractivity contribution >= 4 is 52.3 Å². The highest BCUT2D eigenvalue weighted by molar-refractivity contribution is 8.22. The Morgan fingerprint density at radius 2 is 1.51 bits per heavy atom. The van der Waals surface area contributed by atoms with Gasteiger partial charge < -0.3 is 29.2 Å². The Hall–Kier alpha value is -3.86.